The third-order valence-electron chi connectivity index (χ3n) is 5.17. The second-order valence-electron chi connectivity index (χ2n) is 7.52. The molecular formula is C21H26N4O6S2. The molecule has 1 atom stereocenters. The Morgan fingerprint density at radius 1 is 1.30 bits per heavy atom. The van der Waals surface area contributed by atoms with E-state index >= 15 is 0 Å². The highest BCUT2D eigenvalue weighted by molar-refractivity contribution is 7.99. The van der Waals surface area contributed by atoms with E-state index in [2.05, 4.69) is 10.3 Å². The van der Waals surface area contributed by atoms with Gasteiger partial charge < -0.3 is 19.5 Å². The molecule has 10 nitrogen and oxygen atoms in total. The molecule has 0 aliphatic carbocycles. The Bertz CT molecular complexity index is 1130. The van der Waals surface area contributed by atoms with Crippen molar-refractivity contribution in [3.05, 3.63) is 42.2 Å². The molecule has 1 saturated heterocycles. The molecule has 1 aliphatic rings. The number of nitrogens with zero attached hydrogens (tertiary/aromatic N) is 3. The fourth-order valence-electron chi connectivity index (χ4n) is 3.52. The molecule has 33 heavy (non-hydrogen) atoms. The Hall–Kier alpha value is -2.86. The number of amides is 2. The average molecular weight is 495 g/mol. The molecule has 1 aromatic carbocycles. The van der Waals surface area contributed by atoms with Gasteiger partial charge in [-0.25, -0.2) is 18.2 Å². The first-order valence-electron chi connectivity index (χ1n) is 10.4. The fraction of sp³-hybridized carbons (Fsp3) is 0.429. The summed E-state index contributed by atoms with van der Waals surface area (Å²) in [7, 11) is -1.32. The van der Waals surface area contributed by atoms with Gasteiger partial charge in [0.05, 0.1) is 28.5 Å². The van der Waals surface area contributed by atoms with Crippen molar-refractivity contribution in [1.29, 1.82) is 0 Å². The minimum atomic E-state index is -3.15. The Labute approximate surface area is 196 Å². The van der Waals surface area contributed by atoms with Crippen LogP contribution in [0.25, 0.3) is 0 Å². The highest BCUT2D eigenvalue weighted by atomic mass is 32.2. The quantitative estimate of drug-likeness (QED) is 0.409. The minimum absolute atomic E-state index is 0.0484. The van der Waals surface area contributed by atoms with Crippen LogP contribution in [0.3, 0.4) is 0 Å². The number of imidazole rings is 1. The zero-order valence-corrected chi connectivity index (χ0v) is 20.0. The Morgan fingerprint density at radius 3 is 2.70 bits per heavy atom. The van der Waals surface area contributed by atoms with Crippen molar-refractivity contribution in [3.63, 3.8) is 0 Å². The standard InChI is InChI=1S/C21H26N4O6S2/c1-3-25(15-8-11-33(29,30)14-15)19(27)12-31-20(28)16-6-4-5-7-17(16)23-18(26)13-32-21-22-9-10-24(21)2/h4-7,9-10,15H,3,8,11-14H2,1-2H3,(H,23,26). The summed E-state index contributed by atoms with van der Waals surface area (Å²) in [4.78, 5) is 43.1. The zero-order valence-electron chi connectivity index (χ0n) is 18.4. The van der Waals surface area contributed by atoms with Gasteiger partial charge in [0.2, 0.25) is 5.91 Å². The van der Waals surface area contributed by atoms with Crippen molar-refractivity contribution in [2.45, 2.75) is 24.5 Å². The van der Waals surface area contributed by atoms with Crippen molar-refractivity contribution in [2.75, 3.05) is 35.7 Å². The van der Waals surface area contributed by atoms with Gasteiger partial charge in [0, 0.05) is 32.0 Å². The number of para-hydroxylation sites is 1. The van der Waals surface area contributed by atoms with E-state index in [1.54, 1.807) is 42.1 Å². The summed E-state index contributed by atoms with van der Waals surface area (Å²) < 4.78 is 30.4. The minimum Gasteiger partial charge on any atom is -0.452 e. The maximum atomic E-state index is 12.6. The molecule has 2 amide bonds. The molecule has 12 heteroatoms. The van der Waals surface area contributed by atoms with E-state index in [1.165, 1.54) is 22.7 Å². The van der Waals surface area contributed by atoms with Crippen molar-refractivity contribution in [1.82, 2.24) is 14.5 Å². The lowest BCUT2D eigenvalue weighted by atomic mass is 10.2. The molecule has 0 bridgehead atoms. The van der Waals surface area contributed by atoms with Crippen LogP contribution in [-0.2, 0) is 31.2 Å². The van der Waals surface area contributed by atoms with Gasteiger partial charge in [0.25, 0.3) is 5.91 Å². The number of hydrogen-bond donors (Lipinski definition) is 1. The number of carbonyl (C=O) groups is 3. The molecule has 2 heterocycles. The van der Waals surface area contributed by atoms with Crippen molar-refractivity contribution in [2.24, 2.45) is 7.05 Å². The molecule has 0 spiro atoms. The summed E-state index contributed by atoms with van der Waals surface area (Å²) in [6.45, 7) is 1.55. The molecule has 1 aromatic heterocycles. The van der Waals surface area contributed by atoms with E-state index in [1.807, 2.05) is 7.05 Å². The number of anilines is 1. The van der Waals surface area contributed by atoms with Gasteiger partial charge in [-0.2, -0.15) is 0 Å². The number of nitrogens with one attached hydrogen (secondary N) is 1. The molecule has 1 aliphatic heterocycles. The predicted molar refractivity (Wildman–Crippen MR) is 124 cm³/mol. The number of carbonyl (C=O) groups excluding carboxylic acids is 3. The lowest BCUT2D eigenvalue weighted by Crippen LogP contribution is -2.43. The molecule has 1 N–H and O–H groups in total. The first-order valence-corrected chi connectivity index (χ1v) is 13.2. The molecule has 1 unspecified atom stereocenters. The summed E-state index contributed by atoms with van der Waals surface area (Å²) in [5.41, 5.74) is 0.391. The lowest BCUT2D eigenvalue weighted by Gasteiger charge is -2.26. The van der Waals surface area contributed by atoms with Crippen molar-refractivity contribution in [3.8, 4) is 0 Å². The zero-order chi connectivity index (χ0) is 24.0. The van der Waals surface area contributed by atoms with Crippen LogP contribution in [-0.4, -0.2) is 77.1 Å². The van der Waals surface area contributed by atoms with Gasteiger partial charge in [-0.15, -0.1) is 0 Å². The number of benzene rings is 1. The fourth-order valence-corrected chi connectivity index (χ4v) is 5.99. The van der Waals surface area contributed by atoms with Gasteiger partial charge in [-0.05, 0) is 25.5 Å². The van der Waals surface area contributed by atoms with Crippen LogP contribution in [0.2, 0.25) is 0 Å². The second-order valence-corrected chi connectivity index (χ2v) is 10.7. The monoisotopic (exact) mass is 494 g/mol. The van der Waals surface area contributed by atoms with Crippen molar-refractivity contribution < 1.29 is 27.5 Å². The lowest BCUT2D eigenvalue weighted by molar-refractivity contribution is -0.136. The maximum absolute atomic E-state index is 12.6. The summed E-state index contributed by atoms with van der Waals surface area (Å²) >= 11 is 1.26. The molecule has 3 rings (SSSR count). The summed E-state index contributed by atoms with van der Waals surface area (Å²) in [5.74, 6) is -1.47. The highest BCUT2D eigenvalue weighted by Crippen LogP contribution is 2.20. The first-order chi connectivity index (χ1) is 15.7. The third-order valence-corrected chi connectivity index (χ3v) is 7.98. The van der Waals surface area contributed by atoms with Gasteiger partial charge in [-0.3, -0.25) is 9.59 Å². The Kier molecular flexibility index (Phi) is 8.14. The molecule has 0 radical (unpaired) electrons. The Balaban J connectivity index is 1.57. The van der Waals surface area contributed by atoms with Gasteiger partial charge in [-0.1, -0.05) is 23.9 Å². The molecule has 2 aromatic rings. The number of likely N-dealkylation sites (N-methyl/N-ethyl adjacent to an activating group) is 1. The van der Waals surface area contributed by atoms with E-state index in [0.717, 1.165) is 0 Å². The SMILES string of the molecule is CCN(C(=O)COC(=O)c1ccccc1NC(=O)CSc1nccn1C)C1CCS(=O)(=O)C1. The summed E-state index contributed by atoms with van der Waals surface area (Å²) in [6.07, 6.45) is 3.79. The van der Waals surface area contributed by atoms with Gasteiger partial charge >= 0.3 is 5.97 Å². The van der Waals surface area contributed by atoms with E-state index in [9.17, 15) is 22.8 Å². The maximum Gasteiger partial charge on any atom is 0.340 e. The molecule has 178 valence electrons. The number of thioether (sulfide) groups is 1. The number of hydrogen-bond acceptors (Lipinski definition) is 8. The smallest absolute Gasteiger partial charge is 0.340 e. The normalized spacial score (nSPS) is 16.8. The van der Waals surface area contributed by atoms with Crippen LogP contribution in [0.1, 0.15) is 23.7 Å². The van der Waals surface area contributed by atoms with Crippen LogP contribution in [0.15, 0.2) is 41.8 Å². The number of esters is 1. The van der Waals surface area contributed by atoms with E-state index in [4.69, 9.17) is 4.74 Å². The number of sulfone groups is 1. The second kappa shape index (κ2) is 10.8. The van der Waals surface area contributed by atoms with E-state index in [0.29, 0.717) is 18.1 Å². The van der Waals surface area contributed by atoms with Gasteiger partial charge in [0.1, 0.15) is 0 Å². The van der Waals surface area contributed by atoms with Crippen LogP contribution < -0.4 is 5.32 Å². The van der Waals surface area contributed by atoms with E-state index < -0.39 is 34.4 Å². The topological polar surface area (TPSA) is 128 Å². The Morgan fingerprint density at radius 2 is 2.06 bits per heavy atom. The van der Waals surface area contributed by atoms with E-state index in [-0.39, 0.29) is 34.4 Å². The van der Waals surface area contributed by atoms with Crippen LogP contribution in [0, 0.1) is 0 Å². The van der Waals surface area contributed by atoms with Crippen LogP contribution >= 0.6 is 11.8 Å². The first kappa shape index (κ1) is 24.8. The summed E-state index contributed by atoms with van der Waals surface area (Å²) in [5, 5.41) is 3.38. The molecular weight excluding hydrogens is 468 g/mol. The molecule has 0 saturated carbocycles. The number of rotatable bonds is 9. The largest absolute Gasteiger partial charge is 0.452 e. The van der Waals surface area contributed by atoms with Gasteiger partial charge in [0.15, 0.2) is 21.6 Å². The van der Waals surface area contributed by atoms with Crippen molar-refractivity contribution >= 4 is 45.1 Å². The van der Waals surface area contributed by atoms with Crippen LogP contribution in [0.4, 0.5) is 5.69 Å². The molecule has 1 fully saturated rings. The number of aromatic nitrogens is 2. The number of aryl methyl sites for hydroxylation is 1. The summed E-state index contributed by atoms with van der Waals surface area (Å²) in [6, 6.07) is 5.95. The van der Waals surface area contributed by atoms with Crippen LogP contribution in [0.5, 0.6) is 0 Å². The highest BCUT2D eigenvalue weighted by Gasteiger charge is 2.34. The predicted octanol–water partition coefficient (Wildman–Crippen LogP) is 1.34. The number of ether oxygens (including phenoxy) is 1. The third kappa shape index (κ3) is 6.57. The average Bonchev–Trinajstić information content (AvgIpc) is 3.35.